The van der Waals surface area contributed by atoms with E-state index < -0.39 is 0 Å². The summed E-state index contributed by atoms with van der Waals surface area (Å²) in [5, 5.41) is 3.46. The number of aryl methyl sites for hydroxylation is 2. The van der Waals surface area contributed by atoms with Crippen LogP contribution in [0.2, 0.25) is 0 Å². The molecule has 3 nitrogen and oxygen atoms in total. The first-order valence-corrected chi connectivity index (χ1v) is 7.57. The molecule has 0 aromatic heterocycles. The molecule has 1 fully saturated rings. The highest BCUT2D eigenvalue weighted by atomic mass is 16.5. The van der Waals surface area contributed by atoms with Gasteiger partial charge in [0.2, 0.25) is 0 Å². The molecule has 1 aromatic carbocycles. The molecule has 1 unspecified atom stereocenters. The van der Waals surface area contributed by atoms with Gasteiger partial charge in [0.25, 0.3) is 0 Å². The average Bonchev–Trinajstić information content (AvgIpc) is 2.43. The third-order valence-electron chi connectivity index (χ3n) is 4.55. The quantitative estimate of drug-likeness (QED) is 0.915. The second-order valence-corrected chi connectivity index (χ2v) is 6.17. The van der Waals surface area contributed by atoms with E-state index >= 15 is 0 Å². The van der Waals surface area contributed by atoms with Crippen molar-refractivity contribution in [3.8, 4) is 5.75 Å². The predicted octanol–water partition coefficient (Wildman–Crippen LogP) is 2.91. The van der Waals surface area contributed by atoms with Gasteiger partial charge in [0.15, 0.2) is 0 Å². The van der Waals surface area contributed by atoms with Crippen LogP contribution in [0.5, 0.6) is 5.75 Å². The zero-order valence-corrected chi connectivity index (χ0v) is 13.5. The predicted molar refractivity (Wildman–Crippen MR) is 84.5 cm³/mol. The van der Waals surface area contributed by atoms with Crippen molar-refractivity contribution >= 4 is 0 Å². The molecule has 0 amide bonds. The highest BCUT2D eigenvalue weighted by Crippen LogP contribution is 2.38. The summed E-state index contributed by atoms with van der Waals surface area (Å²) in [5.74, 6) is 1.73. The van der Waals surface area contributed by atoms with Crippen LogP contribution in [0.25, 0.3) is 0 Å². The topological polar surface area (TPSA) is 24.5 Å². The number of nitrogens with one attached hydrogen (secondary N) is 1. The molecule has 2 rings (SSSR count). The van der Waals surface area contributed by atoms with Gasteiger partial charge in [-0.3, -0.25) is 0 Å². The van der Waals surface area contributed by atoms with Gasteiger partial charge in [-0.25, -0.2) is 0 Å². The number of benzene rings is 1. The van der Waals surface area contributed by atoms with Crippen molar-refractivity contribution in [1.82, 2.24) is 10.2 Å². The summed E-state index contributed by atoms with van der Waals surface area (Å²) in [7, 11) is 6.14. The number of hydrogen-bond donors (Lipinski definition) is 1. The zero-order chi connectivity index (χ0) is 14.7. The smallest absolute Gasteiger partial charge is 0.123 e. The Bertz CT molecular complexity index is 451. The monoisotopic (exact) mass is 276 g/mol. The first-order chi connectivity index (χ1) is 9.54. The number of hydrogen-bond acceptors (Lipinski definition) is 3. The maximum atomic E-state index is 5.66. The maximum absolute atomic E-state index is 5.66. The lowest BCUT2D eigenvalue weighted by Gasteiger charge is -2.36. The zero-order valence-electron chi connectivity index (χ0n) is 13.5. The van der Waals surface area contributed by atoms with Crippen LogP contribution in [0.3, 0.4) is 0 Å². The first kappa shape index (κ1) is 15.3. The fraction of sp³-hybridized carbons (Fsp3) is 0.647. The van der Waals surface area contributed by atoms with Crippen LogP contribution in [-0.2, 0) is 0 Å². The molecule has 0 bridgehead atoms. The summed E-state index contributed by atoms with van der Waals surface area (Å²) in [6.45, 7) is 6.59. The van der Waals surface area contributed by atoms with Gasteiger partial charge in [0, 0.05) is 11.6 Å². The normalized spacial score (nSPS) is 18.3. The van der Waals surface area contributed by atoms with E-state index in [1.807, 2.05) is 0 Å². The molecule has 20 heavy (non-hydrogen) atoms. The Morgan fingerprint density at radius 2 is 1.75 bits per heavy atom. The number of rotatable bonds is 4. The Kier molecular flexibility index (Phi) is 5.06. The van der Waals surface area contributed by atoms with Gasteiger partial charge >= 0.3 is 0 Å². The van der Waals surface area contributed by atoms with Crippen molar-refractivity contribution in [1.29, 1.82) is 0 Å². The standard InChI is InChI=1S/C17H28N2O/c1-12-10-15(16(20-5)11-13(12)2)17(19(3)4)14-6-8-18-9-7-14/h10-11,14,17-18H,6-9H2,1-5H3. The lowest BCUT2D eigenvalue weighted by atomic mass is 9.84. The fourth-order valence-corrected chi connectivity index (χ4v) is 3.33. The molecular formula is C17H28N2O. The number of piperidine rings is 1. The van der Waals surface area contributed by atoms with Crippen LogP contribution >= 0.6 is 0 Å². The molecule has 0 radical (unpaired) electrons. The second kappa shape index (κ2) is 6.59. The van der Waals surface area contributed by atoms with E-state index in [1.165, 1.54) is 29.5 Å². The van der Waals surface area contributed by atoms with E-state index in [4.69, 9.17) is 4.74 Å². The highest BCUT2D eigenvalue weighted by molar-refractivity contribution is 5.43. The lowest BCUT2D eigenvalue weighted by molar-refractivity contribution is 0.174. The summed E-state index contributed by atoms with van der Waals surface area (Å²) in [4.78, 5) is 2.35. The first-order valence-electron chi connectivity index (χ1n) is 7.57. The largest absolute Gasteiger partial charge is 0.496 e. The van der Waals surface area contributed by atoms with Crippen molar-refractivity contribution in [2.75, 3.05) is 34.3 Å². The summed E-state index contributed by atoms with van der Waals surface area (Å²) < 4.78 is 5.66. The van der Waals surface area contributed by atoms with Crippen LogP contribution in [0.15, 0.2) is 12.1 Å². The average molecular weight is 276 g/mol. The summed E-state index contributed by atoms with van der Waals surface area (Å²) in [6, 6.07) is 4.94. The summed E-state index contributed by atoms with van der Waals surface area (Å²) in [5.41, 5.74) is 3.99. The van der Waals surface area contributed by atoms with Gasteiger partial charge in [-0.15, -0.1) is 0 Å². The van der Waals surface area contributed by atoms with E-state index in [2.05, 4.69) is 50.3 Å². The van der Waals surface area contributed by atoms with E-state index in [0.717, 1.165) is 18.8 Å². The molecule has 112 valence electrons. The molecule has 3 heteroatoms. The number of methoxy groups -OCH3 is 1. The highest BCUT2D eigenvalue weighted by Gasteiger charge is 2.29. The summed E-state index contributed by atoms with van der Waals surface area (Å²) >= 11 is 0. The van der Waals surface area contributed by atoms with Crippen LogP contribution in [0.1, 0.15) is 35.6 Å². The lowest BCUT2D eigenvalue weighted by Crippen LogP contribution is -2.36. The van der Waals surface area contributed by atoms with Gasteiger partial charge in [0.1, 0.15) is 5.75 Å². The van der Waals surface area contributed by atoms with Gasteiger partial charge in [-0.05, 0) is 77.0 Å². The molecule has 1 aliphatic heterocycles. The molecule has 0 saturated carbocycles. The minimum atomic E-state index is 0.436. The minimum Gasteiger partial charge on any atom is -0.496 e. The van der Waals surface area contributed by atoms with E-state index in [0.29, 0.717) is 12.0 Å². The van der Waals surface area contributed by atoms with Gasteiger partial charge < -0.3 is 15.0 Å². The Hall–Kier alpha value is -1.06. The van der Waals surface area contributed by atoms with Crippen molar-refractivity contribution in [2.24, 2.45) is 5.92 Å². The van der Waals surface area contributed by atoms with Gasteiger partial charge in [-0.2, -0.15) is 0 Å². The Balaban J connectivity index is 2.40. The van der Waals surface area contributed by atoms with Gasteiger partial charge in [0.05, 0.1) is 7.11 Å². The molecule has 1 heterocycles. The summed E-state index contributed by atoms with van der Waals surface area (Å²) in [6.07, 6.45) is 2.47. The van der Waals surface area contributed by atoms with Gasteiger partial charge in [-0.1, -0.05) is 6.07 Å². The van der Waals surface area contributed by atoms with Crippen molar-refractivity contribution < 1.29 is 4.74 Å². The van der Waals surface area contributed by atoms with E-state index in [-0.39, 0.29) is 0 Å². The molecule has 0 spiro atoms. The Labute approximate surface area is 123 Å². The molecule has 1 atom stereocenters. The van der Waals surface area contributed by atoms with E-state index in [9.17, 15) is 0 Å². The van der Waals surface area contributed by atoms with Crippen LogP contribution in [0, 0.1) is 19.8 Å². The van der Waals surface area contributed by atoms with E-state index in [1.54, 1.807) is 7.11 Å². The third-order valence-corrected chi connectivity index (χ3v) is 4.55. The molecular weight excluding hydrogens is 248 g/mol. The molecule has 0 aliphatic carbocycles. The molecule has 1 saturated heterocycles. The number of ether oxygens (including phenoxy) is 1. The maximum Gasteiger partial charge on any atom is 0.123 e. The third kappa shape index (κ3) is 3.15. The van der Waals surface area contributed by atoms with Crippen LogP contribution < -0.4 is 10.1 Å². The van der Waals surface area contributed by atoms with Crippen LogP contribution in [-0.4, -0.2) is 39.2 Å². The Morgan fingerprint density at radius 3 is 2.30 bits per heavy atom. The minimum absolute atomic E-state index is 0.436. The number of nitrogens with zero attached hydrogens (tertiary/aromatic N) is 1. The van der Waals surface area contributed by atoms with Crippen LogP contribution in [0.4, 0.5) is 0 Å². The van der Waals surface area contributed by atoms with Crippen molar-refractivity contribution in [3.63, 3.8) is 0 Å². The van der Waals surface area contributed by atoms with Crippen molar-refractivity contribution in [3.05, 3.63) is 28.8 Å². The molecule has 1 aliphatic rings. The molecule has 1 aromatic rings. The second-order valence-electron chi connectivity index (χ2n) is 6.17. The molecule has 1 N–H and O–H groups in total. The fourth-order valence-electron chi connectivity index (χ4n) is 3.33. The Morgan fingerprint density at radius 1 is 1.15 bits per heavy atom. The SMILES string of the molecule is COc1cc(C)c(C)cc1C(C1CCNCC1)N(C)C. The van der Waals surface area contributed by atoms with Crippen molar-refractivity contribution in [2.45, 2.75) is 32.7 Å².